The van der Waals surface area contributed by atoms with Crippen LogP contribution in [0.4, 0.5) is 10.1 Å². The molecule has 1 atom stereocenters. The van der Waals surface area contributed by atoms with E-state index in [9.17, 15) is 14.0 Å². The van der Waals surface area contributed by atoms with Gasteiger partial charge >= 0.3 is 5.97 Å². The number of methoxy groups -OCH3 is 1. The van der Waals surface area contributed by atoms with Gasteiger partial charge in [-0.05, 0) is 25.1 Å². The van der Waals surface area contributed by atoms with E-state index in [0.717, 1.165) is 12.1 Å². The topological polar surface area (TPSA) is 81.4 Å². The number of nitrogens with two attached hydrogens (primary N) is 1. The second kappa shape index (κ2) is 5.40. The maximum atomic E-state index is 13.0. The van der Waals surface area contributed by atoms with Crippen LogP contribution >= 0.6 is 0 Å². The summed E-state index contributed by atoms with van der Waals surface area (Å²) < 4.78 is 17.5. The molecule has 0 saturated heterocycles. The van der Waals surface area contributed by atoms with Crippen molar-refractivity contribution in [2.75, 3.05) is 12.4 Å². The fraction of sp³-hybridized carbons (Fsp3) is 0.273. The van der Waals surface area contributed by atoms with Crippen molar-refractivity contribution in [2.24, 2.45) is 5.73 Å². The fourth-order valence-electron chi connectivity index (χ4n) is 1.15. The average molecular weight is 240 g/mol. The smallest absolute Gasteiger partial charge is 0.339 e. The molecule has 5 nitrogen and oxygen atoms in total. The molecular formula is C11H13FN2O3. The molecule has 6 heteroatoms. The van der Waals surface area contributed by atoms with Gasteiger partial charge in [0.05, 0.1) is 24.4 Å². The van der Waals surface area contributed by atoms with Crippen LogP contribution in [-0.4, -0.2) is 25.0 Å². The normalized spacial score (nSPS) is 11.8. The molecule has 0 spiro atoms. The minimum atomic E-state index is -0.760. The third-order valence-corrected chi connectivity index (χ3v) is 2.06. The Hall–Kier alpha value is -1.95. The predicted molar refractivity (Wildman–Crippen MR) is 60.0 cm³/mol. The lowest BCUT2D eigenvalue weighted by Gasteiger charge is -2.11. The van der Waals surface area contributed by atoms with Crippen molar-refractivity contribution in [1.82, 2.24) is 0 Å². The summed E-state index contributed by atoms with van der Waals surface area (Å²) in [4.78, 5) is 22.7. The van der Waals surface area contributed by atoms with Crippen molar-refractivity contribution in [3.05, 3.63) is 29.6 Å². The first-order valence-corrected chi connectivity index (χ1v) is 4.90. The Kier molecular flexibility index (Phi) is 4.17. The molecule has 0 unspecified atom stereocenters. The molecule has 0 fully saturated rings. The lowest BCUT2D eigenvalue weighted by molar-refractivity contribution is -0.117. The van der Waals surface area contributed by atoms with E-state index in [2.05, 4.69) is 10.1 Å². The van der Waals surface area contributed by atoms with Gasteiger partial charge in [0.1, 0.15) is 5.82 Å². The number of carbonyl (C=O) groups is 2. The zero-order valence-corrected chi connectivity index (χ0v) is 9.49. The Balaban J connectivity index is 3.07. The van der Waals surface area contributed by atoms with E-state index in [-0.39, 0.29) is 11.3 Å². The second-order valence-electron chi connectivity index (χ2n) is 3.46. The van der Waals surface area contributed by atoms with Gasteiger partial charge in [-0.3, -0.25) is 4.79 Å². The van der Waals surface area contributed by atoms with Gasteiger partial charge in [-0.15, -0.1) is 0 Å². The maximum absolute atomic E-state index is 13.0. The Labute approximate surface area is 97.7 Å². The lowest BCUT2D eigenvalue weighted by Crippen LogP contribution is -2.33. The molecule has 3 N–H and O–H groups in total. The van der Waals surface area contributed by atoms with Crippen LogP contribution in [0.2, 0.25) is 0 Å². The van der Waals surface area contributed by atoms with E-state index in [0.29, 0.717) is 0 Å². The van der Waals surface area contributed by atoms with Crippen LogP contribution in [0.3, 0.4) is 0 Å². The van der Waals surface area contributed by atoms with E-state index in [1.807, 2.05) is 0 Å². The number of benzene rings is 1. The van der Waals surface area contributed by atoms with Crippen LogP contribution < -0.4 is 11.1 Å². The Morgan fingerprint density at radius 2 is 2.12 bits per heavy atom. The molecule has 0 radical (unpaired) electrons. The number of carbonyl (C=O) groups excluding carboxylic acids is 2. The number of nitrogens with one attached hydrogen (secondary N) is 1. The van der Waals surface area contributed by atoms with Gasteiger partial charge in [-0.1, -0.05) is 0 Å². The van der Waals surface area contributed by atoms with E-state index >= 15 is 0 Å². The highest BCUT2D eigenvalue weighted by Gasteiger charge is 2.16. The van der Waals surface area contributed by atoms with Gasteiger partial charge in [0, 0.05) is 0 Å². The number of esters is 1. The van der Waals surface area contributed by atoms with Crippen LogP contribution in [0.15, 0.2) is 18.2 Å². The molecule has 0 heterocycles. The molecule has 1 amide bonds. The Morgan fingerprint density at radius 1 is 1.47 bits per heavy atom. The summed E-state index contributed by atoms with van der Waals surface area (Å²) in [6, 6.07) is 2.61. The molecule has 0 aromatic heterocycles. The highest BCUT2D eigenvalue weighted by Crippen LogP contribution is 2.18. The van der Waals surface area contributed by atoms with E-state index in [4.69, 9.17) is 5.73 Å². The van der Waals surface area contributed by atoms with Crippen LogP contribution in [0.1, 0.15) is 17.3 Å². The van der Waals surface area contributed by atoms with Gasteiger partial charge in [-0.2, -0.15) is 0 Å². The molecule has 0 aliphatic carbocycles. The van der Waals surface area contributed by atoms with Crippen molar-refractivity contribution in [3.63, 3.8) is 0 Å². The van der Waals surface area contributed by atoms with Gasteiger partial charge in [0.2, 0.25) is 5.91 Å². The summed E-state index contributed by atoms with van der Waals surface area (Å²) in [7, 11) is 1.20. The summed E-state index contributed by atoms with van der Waals surface area (Å²) in [5, 5.41) is 2.36. The van der Waals surface area contributed by atoms with Crippen LogP contribution in [0.5, 0.6) is 0 Å². The van der Waals surface area contributed by atoms with E-state index < -0.39 is 23.7 Å². The number of hydrogen-bond donors (Lipinski definition) is 2. The maximum Gasteiger partial charge on any atom is 0.339 e. The van der Waals surface area contributed by atoms with Crippen LogP contribution in [-0.2, 0) is 9.53 Å². The predicted octanol–water partition coefficient (Wildman–Crippen LogP) is 0.898. The molecule has 0 saturated carbocycles. The van der Waals surface area contributed by atoms with E-state index in [1.54, 1.807) is 0 Å². The SMILES string of the molecule is COC(=O)c1ccc(F)cc1NC(=O)[C@@H](C)N. The summed E-state index contributed by atoms with van der Waals surface area (Å²) in [6.45, 7) is 1.48. The fourth-order valence-corrected chi connectivity index (χ4v) is 1.15. The molecule has 17 heavy (non-hydrogen) atoms. The van der Waals surface area contributed by atoms with Gasteiger partial charge in [0.25, 0.3) is 0 Å². The van der Waals surface area contributed by atoms with Crippen molar-refractivity contribution in [3.8, 4) is 0 Å². The number of ether oxygens (including phenoxy) is 1. The Bertz CT molecular complexity index is 446. The van der Waals surface area contributed by atoms with Crippen molar-refractivity contribution in [2.45, 2.75) is 13.0 Å². The molecule has 1 aromatic carbocycles. The highest BCUT2D eigenvalue weighted by atomic mass is 19.1. The Morgan fingerprint density at radius 3 is 2.65 bits per heavy atom. The lowest BCUT2D eigenvalue weighted by atomic mass is 10.1. The molecular weight excluding hydrogens is 227 g/mol. The molecule has 0 aliphatic rings. The number of anilines is 1. The van der Waals surface area contributed by atoms with Crippen molar-refractivity contribution < 1.29 is 18.7 Å². The first-order chi connectivity index (χ1) is 7.95. The summed E-state index contributed by atoms with van der Waals surface area (Å²) in [5.74, 6) is -1.75. The summed E-state index contributed by atoms with van der Waals surface area (Å²) in [6.07, 6.45) is 0. The van der Waals surface area contributed by atoms with Crippen LogP contribution in [0, 0.1) is 5.82 Å². The first kappa shape index (κ1) is 13.1. The summed E-state index contributed by atoms with van der Waals surface area (Å²) >= 11 is 0. The van der Waals surface area contributed by atoms with Gasteiger partial charge < -0.3 is 15.8 Å². The zero-order chi connectivity index (χ0) is 13.0. The molecule has 0 bridgehead atoms. The van der Waals surface area contributed by atoms with Crippen molar-refractivity contribution in [1.29, 1.82) is 0 Å². The zero-order valence-electron chi connectivity index (χ0n) is 9.49. The third kappa shape index (κ3) is 3.25. The quantitative estimate of drug-likeness (QED) is 0.769. The molecule has 92 valence electrons. The number of amides is 1. The van der Waals surface area contributed by atoms with Crippen LogP contribution in [0.25, 0.3) is 0 Å². The minimum Gasteiger partial charge on any atom is -0.465 e. The van der Waals surface area contributed by atoms with Gasteiger partial charge in [0.15, 0.2) is 0 Å². The second-order valence-corrected chi connectivity index (χ2v) is 3.46. The first-order valence-electron chi connectivity index (χ1n) is 4.90. The minimum absolute atomic E-state index is 0.0409. The highest BCUT2D eigenvalue weighted by molar-refractivity contribution is 6.02. The van der Waals surface area contributed by atoms with Crippen molar-refractivity contribution >= 4 is 17.6 Å². The average Bonchev–Trinajstić information content (AvgIpc) is 2.28. The number of halogens is 1. The molecule has 1 rings (SSSR count). The van der Waals surface area contributed by atoms with E-state index in [1.165, 1.54) is 20.1 Å². The molecule has 1 aromatic rings. The molecule has 0 aliphatic heterocycles. The van der Waals surface area contributed by atoms with Gasteiger partial charge in [-0.25, -0.2) is 9.18 Å². The third-order valence-electron chi connectivity index (χ3n) is 2.06. The number of hydrogen-bond acceptors (Lipinski definition) is 4. The monoisotopic (exact) mass is 240 g/mol. The standard InChI is InChI=1S/C11H13FN2O3/c1-6(13)10(15)14-9-5-7(12)3-4-8(9)11(16)17-2/h3-6H,13H2,1-2H3,(H,14,15)/t6-/m1/s1. The number of rotatable bonds is 3. The summed E-state index contributed by atoms with van der Waals surface area (Å²) in [5.41, 5.74) is 5.47. The largest absolute Gasteiger partial charge is 0.465 e.